The third-order valence-electron chi connectivity index (χ3n) is 5.08. The first kappa shape index (κ1) is 25.0. The van der Waals surface area contributed by atoms with E-state index in [4.69, 9.17) is 10.7 Å². The van der Waals surface area contributed by atoms with E-state index in [0.717, 1.165) is 17.4 Å². The Balaban J connectivity index is 0.000000807. The number of amides is 1. The first-order valence-electron chi connectivity index (χ1n) is 11.3. The molecule has 7 heteroatoms. The molecule has 1 fully saturated rings. The molecule has 2 aliphatic rings. The Bertz CT molecular complexity index is 852. The summed E-state index contributed by atoms with van der Waals surface area (Å²) in [4.78, 5) is 21.4. The van der Waals surface area contributed by atoms with E-state index in [1.165, 1.54) is 37.1 Å². The maximum Gasteiger partial charge on any atom is 0.244 e. The number of anilines is 3. The molecule has 2 aromatic rings. The van der Waals surface area contributed by atoms with Crippen LogP contribution in [0, 0.1) is 0 Å². The minimum absolute atomic E-state index is 0.0545. The molecular weight excluding hydrogens is 406 g/mol. The van der Waals surface area contributed by atoms with E-state index in [9.17, 15) is 4.79 Å². The lowest BCUT2D eigenvalue weighted by molar-refractivity contribution is -0.115. The van der Waals surface area contributed by atoms with Gasteiger partial charge in [0.2, 0.25) is 5.91 Å². The van der Waals surface area contributed by atoms with Gasteiger partial charge < -0.3 is 16.0 Å². The standard InChI is InChI=1S/C20H25N5OS.2C2H6/c1-27-18-10-16(21)19-20(23-18)25(13-17(26)22-19)12-15-6-4-5-14(9-15)11-24-7-2-3-8-24;2*1-2/h4-6,9-10H,2-3,7-8,11-13H2,1H3,(H2,21,23)(H,22,26);2*1-2H3. The number of aromatic nitrogens is 1. The lowest BCUT2D eigenvalue weighted by atomic mass is 10.1. The van der Waals surface area contributed by atoms with Crippen molar-refractivity contribution < 1.29 is 4.79 Å². The summed E-state index contributed by atoms with van der Waals surface area (Å²) in [6, 6.07) is 10.4. The molecule has 6 nitrogen and oxygen atoms in total. The second-order valence-corrected chi connectivity index (χ2v) is 7.99. The van der Waals surface area contributed by atoms with E-state index in [0.29, 0.717) is 17.9 Å². The van der Waals surface area contributed by atoms with Crippen LogP contribution in [-0.4, -0.2) is 41.7 Å². The summed E-state index contributed by atoms with van der Waals surface area (Å²) in [5, 5.41) is 3.73. The van der Waals surface area contributed by atoms with Crippen LogP contribution in [0.1, 0.15) is 51.7 Å². The van der Waals surface area contributed by atoms with Gasteiger partial charge in [0, 0.05) is 13.1 Å². The Morgan fingerprint density at radius 3 is 2.35 bits per heavy atom. The number of hydrogen-bond acceptors (Lipinski definition) is 6. The topological polar surface area (TPSA) is 74.5 Å². The van der Waals surface area contributed by atoms with Crippen molar-refractivity contribution in [2.45, 2.75) is 58.7 Å². The molecule has 3 heterocycles. The van der Waals surface area contributed by atoms with Crippen molar-refractivity contribution in [3.63, 3.8) is 0 Å². The molecule has 0 unspecified atom stereocenters. The zero-order valence-corrected chi connectivity index (χ0v) is 20.4. The molecule has 1 aromatic carbocycles. The minimum atomic E-state index is -0.0545. The zero-order chi connectivity index (χ0) is 22.8. The van der Waals surface area contributed by atoms with Gasteiger partial charge in [-0.15, -0.1) is 11.8 Å². The molecule has 2 aliphatic heterocycles. The number of pyridine rings is 1. The van der Waals surface area contributed by atoms with Crippen LogP contribution < -0.4 is 16.0 Å². The van der Waals surface area contributed by atoms with Crippen molar-refractivity contribution in [1.29, 1.82) is 0 Å². The average Bonchev–Trinajstić information content (AvgIpc) is 3.30. The molecule has 0 bridgehead atoms. The smallest absolute Gasteiger partial charge is 0.244 e. The number of fused-ring (bicyclic) bond motifs is 1. The highest BCUT2D eigenvalue weighted by Gasteiger charge is 2.26. The maximum atomic E-state index is 12.2. The van der Waals surface area contributed by atoms with Gasteiger partial charge in [-0.2, -0.15) is 0 Å². The summed E-state index contributed by atoms with van der Waals surface area (Å²) in [5.74, 6) is 0.699. The number of rotatable bonds is 5. The average molecular weight is 444 g/mol. The predicted octanol–water partition coefficient (Wildman–Crippen LogP) is 4.99. The predicted molar refractivity (Wildman–Crippen MR) is 134 cm³/mol. The molecule has 0 radical (unpaired) electrons. The van der Waals surface area contributed by atoms with Gasteiger partial charge in [-0.05, 0) is 49.4 Å². The fraction of sp³-hybridized carbons (Fsp3) is 0.500. The van der Waals surface area contributed by atoms with Gasteiger partial charge >= 0.3 is 0 Å². The largest absolute Gasteiger partial charge is 0.397 e. The summed E-state index contributed by atoms with van der Waals surface area (Å²) >= 11 is 1.55. The van der Waals surface area contributed by atoms with Crippen LogP contribution in [0.3, 0.4) is 0 Å². The Morgan fingerprint density at radius 1 is 1.06 bits per heavy atom. The first-order chi connectivity index (χ1) is 15.1. The van der Waals surface area contributed by atoms with Gasteiger partial charge in [0.05, 0.1) is 12.2 Å². The van der Waals surface area contributed by atoms with Crippen LogP contribution in [0.2, 0.25) is 0 Å². The molecule has 31 heavy (non-hydrogen) atoms. The number of nitrogen functional groups attached to an aromatic ring is 1. The molecule has 0 saturated carbocycles. The zero-order valence-electron chi connectivity index (χ0n) is 19.6. The van der Waals surface area contributed by atoms with Crippen LogP contribution >= 0.6 is 11.8 Å². The SMILES string of the molecule is CC.CC.CSc1cc(N)c2c(n1)N(Cc1cccc(CN3CCCC3)c1)CC(=O)N2. The van der Waals surface area contributed by atoms with E-state index in [1.807, 2.05) is 44.9 Å². The Morgan fingerprint density at radius 2 is 1.71 bits per heavy atom. The van der Waals surface area contributed by atoms with Crippen LogP contribution in [0.15, 0.2) is 35.4 Å². The highest BCUT2D eigenvalue weighted by atomic mass is 32.2. The number of nitrogens with two attached hydrogens (primary N) is 1. The van der Waals surface area contributed by atoms with E-state index < -0.39 is 0 Å². The molecule has 0 aliphatic carbocycles. The number of thioether (sulfide) groups is 1. The van der Waals surface area contributed by atoms with Gasteiger partial charge in [-0.1, -0.05) is 52.0 Å². The third kappa shape index (κ3) is 6.61. The van der Waals surface area contributed by atoms with Gasteiger partial charge in [-0.25, -0.2) is 4.98 Å². The summed E-state index contributed by atoms with van der Waals surface area (Å²) in [5.41, 5.74) is 9.84. The fourth-order valence-electron chi connectivity index (χ4n) is 3.79. The van der Waals surface area contributed by atoms with Gasteiger partial charge in [0.25, 0.3) is 0 Å². The molecule has 0 spiro atoms. The first-order valence-corrected chi connectivity index (χ1v) is 12.5. The van der Waals surface area contributed by atoms with E-state index in [-0.39, 0.29) is 12.5 Å². The van der Waals surface area contributed by atoms with E-state index >= 15 is 0 Å². The molecule has 1 aromatic heterocycles. The number of carbonyl (C=O) groups is 1. The fourth-order valence-corrected chi connectivity index (χ4v) is 4.21. The number of benzene rings is 1. The lowest BCUT2D eigenvalue weighted by Gasteiger charge is -2.31. The summed E-state index contributed by atoms with van der Waals surface area (Å²) in [7, 11) is 0. The monoisotopic (exact) mass is 443 g/mol. The Labute approximate surface area is 191 Å². The lowest BCUT2D eigenvalue weighted by Crippen LogP contribution is -2.38. The Kier molecular flexibility index (Phi) is 10.1. The molecule has 1 saturated heterocycles. The van der Waals surface area contributed by atoms with Crippen LogP contribution in [-0.2, 0) is 17.9 Å². The van der Waals surface area contributed by atoms with Crippen LogP contribution in [0.25, 0.3) is 0 Å². The van der Waals surface area contributed by atoms with E-state index in [2.05, 4.69) is 34.5 Å². The molecule has 3 N–H and O–H groups in total. The second-order valence-electron chi connectivity index (χ2n) is 7.16. The summed E-state index contributed by atoms with van der Waals surface area (Å²) in [6.07, 6.45) is 4.57. The van der Waals surface area contributed by atoms with Crippen molar-refractivity contribution in [2.24, 2.45) is 0 Å². The summed E-state index contributed by atoms with van der Waals surface area (Å²) < 4.78 is 0. The number of likely N-dealkylation sites (tertiary alicyclic amines) is 1. The van der Waals surface area contributed by atoms with Crippen molar-refractivity contribution in [1.82, 2.24) is 9.88 Å². The van der Waals surface area contributed by atoms with Gasteiger partial charge in [-0.3, -0.25) is 9.69 Å². The quantitative estimate of drug-likeness (QED) is 0.634. The van der Waals surface area contributed by atoms with Gasteiger partial charge in [0.15, 0.2) is 5.82 Å². The highest BCUT2D eigenvalue weighted by Crippen LogP contribution is 2.36. The van der Waals surface area contributed by atoms with Crippen LogP contribution in [0.4, 0.5) is 17.2 Å². The molecule has 170 valence electrons. The number of carbonyl (C=O) groups excluding carboxylic acids is 1. The Hall–Kier alpha value is -2.25. The molecule has 0 atom stereocenters. The maximum absolute atomic E-state index is 12.2. The minimum Gasteiger partial charge on any atom is -0.397 e. The van der Waals surface area contributed by atoms with Crippen molar-refractivity contribution in [3.8, 4) is 0 Å². The molecular formula is C24H37N5OS. The normalized spacial score (nSPS) is 15.3. The van der Waals surface area contributed by atoms with Crippen molar-refractivity contribution >= 4 is 34.9 Å². The summed E-state index contributed by atoms with van der Waals surface area (Å²) in [6.45, 7) is 12.3. The number of hydrogen-bond donors (Lipinski definition) is 2. The van der Waals surface area contributed by atoms with Crippen LogP contribution in [0.5, 0.6) is 0 Å². The van der Waals surface area contributed by atoms with Crippen molar-refractivity contribution in [2.75, 3.05) is 41.8 Å². The van der Waals surface area contributed by atoms with Crippen molar-refractivity contribution in [3.05, 3.63) is 41.5 Å². The highest BCUT2D eigenvalue weighted by molar-refractivity contribution is 7.98. The second kappa shape index (κ2) is 12.6. The number of nitrogens with one attached hydrogen (secondary N) is 1. The molecule has 1 amide bonds. The molecule has 4 rings (SSSR count). The van der Waals surface area contributed by atoms with E-state index in [1.54, 1.807) is 11.8 Å². The third-order valence-corrected chi connectivity index (χ3v) is 5.71. The number of nitrogens with zero attached hydrogens (tertiary/aromatic N) is 3. The van der Waals surface area contributed by atoms with Gasteiger partial charge in [0.1, 0.15) is 10.7 Å².